The van der Waals surface area contributed by atoms with E-state index in [-0.39, 0.29) is 5.91 Å². The zero-order chi connectivity index (χ0) is 16.4. The van der Waals surface area contributed by atoms with Crippen LogP contribution in [-0.4, -0.2) is 34.3 Å². The van der Waals surface area contributed by atoms with Crippen LogP contribution in [0, 0.1) is 6.92 Å². The number of hydrogen-bond donors (Lipinski definition) is 1. The second-order valence-electron chi connectivity index (χ2n) is 5.23. The SMILES string of the molecule is COc1ccc2c(c1)cc(C(=O)NCCc1nnc(C)s1)n2C. The lowest BCUT2D eigenvalue weighted by Gasteiger charge is -2.05. The zero-order valence-electron chi connectivity index (χ0n) is 13.3. The molecule has 1 aromatic carbocycles. The van der Waals surface area contributed by atoms with Crippen LogP contribution in [0.1, 0.15) is 20.5 Å². The van der Waals surface area contributed by atoms with E-state index >= 15 is 0 Å². The summed E-state index contributed by atoms with van der Waals surface area (Å²) in [5, 5.41) is 13.8. The highest BCUT2D eigenvalue weighted by Gasteiger charge is 2.13. The molecule has 2 heterocycles. The summed E-state index contributed by atoms with van der Waals surface area (Å²) in [6, 6.07) is 7.65. The number of ether oxygens (including phenoxy) is 1. The van der Waals surface area contributed by atoms with E-state index in [2.05, 4.69) is 15.5 Å². The molecule has 6 nitrogen and oxygen atoms in total. The number of amides is 1. The van der Waals surface area contributed by atoms with Crippen molar-refractivity contribution in [3.8, 4) is 5.75 Å². The number of nitrogens with one attached hydrogen (secondary N) is 1. The van der Waals surface area contributed by atoms with Gasteiger partial charge in [0.2, 0.25) is 0 Å². The Bertz CT molecular complexity index is 853. The predicted molar refractivity (Wildman–Crippen MR) is 90.2 cm³/mol. The second-order valence-corrected chi connectivity index (χ2v) is 6.50. The monoisotopic (exact) mass is 330 g/mol. The van der Waals surface area contributed by atoms with Crippen molar-refractivity contribution in [2.75, 3.05) is 13.7 Å². The van der Waals surface area contributed by atoms with Gasteiger partial charge in [0.05, 0.1) is 7.11 Å². The molecular formula is C16H18N4O2S. The molecule has 7 heteroatoms. The molecule has 3 aromatic rings. The highest BCUT2D eigenvalue weighted by atomic mass is 32.1. The van der Waals surface area contributed by atoms with Crippen molar-refractivity contribution in [1.82, 2.24) is 20.1 Å². The molecule has 0 saturated heterocycles. The number of aromatic nitrogens is 3. The molecule has 0 aliphatic carbocycles. The summed E-state index contributed by atoms with van der Waals surface area (Å²) >= 11 is 1.55. The normalized spacial score (nSPS) is 10.9. The Morgan fingerprint density at radius 3 is 2.87 bits per heavy atom. The Kier molecular flexibility index (Phi) is 4.29. The van der Waals surface area contributed by atoms with E-state index in [0.29, 0.717) is 18.7 Å². The molecule has 0 aliphatic rings. The van der Waals surface area contributed by atoms with Gasteiger partial charge in [-0.25, -0.2) is 0 Å². The third-order valence-corrected chi connectivity index (χ3v) is 4.57. The quantitative estimate of drug-likeness (QED) is 0.779. The smallest absolute Gasteiger partial charge is 0.267 e. The minimum atomic E-state index is -0.0936. The van der Waals surface area contributed by atoms with Crippen LogP contribution in [0.4, 0.5) is 0 Å². The van der Waals surface area contributed by atoms with Crippen molar-refractivity contribution in [2.24, 2.45) is 7.05 Å². The third-order valence-electron chi connectivity index (χ3n) is 3.67. The van der Waals surface area contributed by atoms with Gasteiger partial charge in [-0.1, -0.05) is 0 Å². The van der Waals surface area contributed by atoms with E-state index in [0.717, 1.165) is 26.7 Å². The number of rotatable bonds is 5. The number of fused-ring (bicyclic) bond motifs is 1. The Labute approximate surface area is 138 Å². The largest absolute Gasteiger partial charge is 0.497 e. The lowest BCUT2D eigenvalue weighted by molar-refractivity contribution is 0.0946. The van der Waals surface area contributed by atoms with Gasteiger partial charge in [0.25, 0.3) is 5.91 Å². The summed E-state index contributed by atoms with van der Waals surface area (Å²) < 4.78 is 7.11. The molecule has 2 aromatic heterocycles. The van der Waals surface area contributed by atoms with E-state index in [4.69, 9.17) is 4.74 Å². The van der Waals surface area contributed by atoms with Gasteiger partial charge in [0.15, 0.2) is 0 Å². The summed E-state index contributed by atoms with van der Waals surface area (Å²) in [6.45, 7) is 2.46. The maximum absolute atomic E-state index is 12.4. The van der Waals surface area contributed by atoms with Crippen molar-refractivity contribution in [2.45, 2.75) is 13.3 Å². The molecule has 0 saturated carbocycles. The van der Waals surface area contributed by atoms with Crippen LogP contribution in [-0.2, 0) is 13.5 Å². The number of methoxy groups -OCH3 is 1. The Hall–Kier alpha value is -2.41. The van der Waals surface area contributed by atoms with E-state index in [9.17, 15) is 4.79 Å². The highest BCUT2D eigenvalue weighted by molar-refractivity contribution is 7.11. The van der Waals surface area contributed by atoms with Crippen LogP contribution in [0.3, 0.4) is 0 Å². The van der Waals surface area contributed by atoms with Gasteiger partial charge in [-0.15, -0.1) is 21.5 Å². The number of benzene rings is 1. The molecule has 1 amide bonds. The summed E-state index contributed by atoms with van der Waals surface area (Å²) in [5.41, 5.74) is 1.62. The fraction of sp³-hybridized carbons (Fsp3) is 0.312. The van der Waals surface area contributed by atoms with Crippen LogP contribution in [0.2, 0.25) is 0 Å². The number of carbonyl (C=O) groups is 1. The molecule has 0 radical (unpaired) electrons. The van der Waals surface area contributed by atoms with Crippen LogP contribution in [0.5, 0.6) is 5.75 Å². The van der Waals surface area contributed by atoms with Crippen molar-refractivity contribution in [3.63, 3.8) is 0 Å². The van der Waals surface area contributed by atoms with Crippen LogP contribution in [0.25, 0.3) is 10.9 Å². The highest BCUT2D eigenvalue weighted by Crippen LogP contribution is 2.23. The first-order valence-electron chi connectivity index (χ1n) is 7.29. The maximum Gasteiger partial charge on any atom is 0.267 e. The minimum absolute atomic E-state index is 0.0936. The zero-order valence-corrected chi connectivity index (χ0v) is 14.1. The molecular weight excluding hydrogens is 312 g/mol. The summed E-state index contributed by atoms with van der Waals surface area (Å²) in [7, 11) is 3.52. The third kappa shape index (κ3) is 3.19. The Morgan fingerprint density at radius 1 is 1.35 bits per heavy atom. The topological polar surface area (TPSA) is 69.0 Å². The first-order valence-corrected chi connectivity index (χ1v) is 8.11. The average Bonchev–Trinajstić information content (AvgIpc) is 3.10. The van der Waals surface area contributed by atoms with Gasteiger partial charge in [-0.3, -0.25) is 4.79 Å². The van der Waals surface area contributed by atoms with Gasteiger partial charge in [0, 0.05) is 30.9 Å². The number of aryl methyl sites for hydroxylation is 2. The molecule has 0 unspecified atom stereocenters. The number of hydrogen-bond acceptors (Lipinski definition) is 5. The molecule has 0 aliphatic heterocycles. The van der Waals surface area contributed by atoms with Gasteiger partial charge in [0.1, 0.15) is 21.5 Å². The van der Waals surface area contributed by atoms with Crippen molar-refractivity contribution in [1.29, 1.82) is 0 Å². The van der Waals surface area contributed by atoms with Gasteiger partial charge >= 0.3 is 0 Å². The summed E-state index contributed by atoms with van der Waals surface area (Å²) in [6.07, 6.45) is 0.689. The van der Waals surface area contributed by atoms with Crippen LogP contribution >= 0.6 is 11.3 Å². The van der Waals surface area contributed by atoms with Crippen molar-refractivity contribution in [3.05, 3.63) is 40.0 Å². The lowest BCUT2D eigenvalue weighted by Crippen LogP contribution is -2.27. The summed E-state index contributed by atoms with van der Waals surface area (Å²) in [4.78, 5) is 12.4. The molecule has 3 rings (SSSR count). The van der Waals surface area contributed by atoms with Crippen LogP contribution < -0.4 is 10.1 Å². The fourth-order valence-corrected chi connectivity index (χ4v) is 3.19. The Balaban J connectivity index is 1.71. The first kappa shape index (κ1) is 15.5. The van der Waals surface area contributed by atoms with E-state index in [1.807, 2.05) is 42.8 Å². The van der Waals surface area contributed by atoms with E-state index in [1.165, 1.54) is 0 Å². The minimum Gasteiger partial charge on any atom is -0.497 e. The van der Waals surface area contributed by atoms with Gasteiger partial charge in [-0.05, 0) is 31.2 Å². The standard InChI is InChI=1S/C16H18N4O2S/c1-10-18-19-15(23-10)6-7-17-16(21)14-9-11-8-12(22-3)4-5-13(11)20(14)2/h4-5,8-9H,6-7H2,1-3H3,(H,17,21). The van der Waals surface area contributed by atoms with E-state index in [1.54, 1.807) is 18.4 Å². The average molecular weight is 330 g/mol. The van der Waals surface area contributed by atoms with Crippen LogP contribution in [0.15, 0.2) is 24.3 Å². The maximum atomic E-state index is 12.4. The molecule has 0 atom stereocenters. The second kappa shape index (κ2) is 6.37. The lowest BCUT2D eigenvalue weighted by atomic mass is 10.2. The number of carbonyl (C=O) groups excluding carboxylic acids is 1. The molecule has 0 fully saturated rings. The molecule has 1 N–H and O–H groups in total. The van der Waals surface area contributed by atoms with Gasteiger partial charge < -0.3 is 14.6 Å². The first-order chi connectivity index (χ1) is 11.1. The fourth-order valence-electron chi connectivity index (χ4n) is 2.48. The summed E-state index contributed by atoms with van der Waals surface area (Å²) in [5.74, 6) is 0.686. The van der Waals surface area contributed by atoms with E-state index < -0.39 is 0 Å². The molecule has 23 heavy (non-hydrogen) atoms. The molecule has 0 spiro atoms. The number of nitrogens with zero attached hydrogens (tertiary/aromatic N) is 3. The molecule has 0 bridgehead atoms. The molecule has 120 valence electrons. The van der Waals surface area contributed by atoms with Crippen molar-refractivity contribution >= 4 is 28.1 Å². The predicted octanol–water partition coefficient (Wildman–Crippen LogP) is 2.32. The van der Waals surface area contributed by atoms with Gasteiger partial charge in [-0.2, -0.15) is 0 Å². The van der Waals surface area contributed by atoms with Crippen molar-refractivity contribution < 1.29 is 9.53 Å². The Morgan fingerprint density at radius 2 is 2.17 bits per heavy atom.